The molecule has 0 fully saturated rings. The second-order valence-corrected chi connectivity index (χ2v) is 3.48. The van der Waals surface area contributed by atoms with E-state index in [1.165, 1.54) is 5.56 Å². The summed E-state index contributed by atoms with van der Waals surface area (Å²) in [7, 11) is 1.85. The number of hydrogen-bond acceptors (Lipinski definition) is 3. The minimum atomic E-state index is 0.914. The quantitative estimate of drug-likeness (QED) is 0.722. The summed E-state index contributed by atoms with van der Waals surface area (Å²) < 4.78 is 0. The first-order chi connectivity index (χ1) is 5.74. The fourth-order valence-corrected chi connectivity index (χ4v) is 1.42. The van der Waals surface area contributed by atoms with Gasteiger partial charge in [-0.05, 0) is 18.6 Å². The zero-order valence-corrected chi connectivity index (χ0v) is 8.11. The third-order valence-electron chi connectivity index (χ3n) is 1.46. The molecule has 12 heavy (non-hydrogen) atoms. The number of hydrogen-bond donors (Lipinski definition) is 1. The summed E-state index contributed by atoms with van der Waals surface area (Å²) >= 11 is 1.55. The van der Waals surface area contributed by atoms with Gasteiger partial charge in [0.1, 0.15) is 5.03 Å². The molecule has 0 radical (unpaired) electrons. The van der Waals surface area contributed by atoms with Gasteiger partial charge in [-0.15, -0.1) is 0 Å². The van der Waals surface area contributed by atoms with Gasteiger partial charge in [0, 0.05) is 13.2 Å². The van der Waals surface area contributed by atoms with Crippen molar-refractivity contribution in [1.29, 1.82) is 0 Å². The molecule has 1 aromatic heterocycles. The van der Waals surface area contributed by atoms with Gasteiger partial charge in [0.15, 0.2) is 0 Å². The molecule has 1 heterocycles. The number of aryl methyl sites for hydroxylation is 1. The van der Waals surface area contributed by atoms with Gasteiger partial charge in [-0.3, -0.25) is 0 Å². The Morgan fingerprint density at radius 3 is 3.00 bits per heavy atom. The summed E-state index contributed by atoms with van der Waals surface area (Å²) in [5.41, 5.74) is 1.18. The Hall–Kier alpha value is -0.960. The van der Waals surface area contributed by atoms with E-state index in [0.29, 0.717) is 0 Å². The second kappa shape index (κ2) is 4.16. The highest BCUT2D eigenvalue weighted by atomic mass is 32.2. The molecule has 0 saturated heterocycles. The molecular weight excluding hydrogens is 168 g/mol. The Bertz CT molecular complexity index is 284. The van der Waals surface area contributed by atoms with Gasteiger partial charge in [-0.1, -0.05) is 24.4 Å². The van der Waals surface area contributed by atoms with Crippen LogP contribution in [0.4, 0.5) is 0 Å². The van der Waals surface area contributed by atoms with Gasteiger partial charge >= 0.3 is 0 Å². The number of aromatic nitrogens is 1. The normalized spacial score (nSPS) is 9.50. The Morgan fingerprint density at radius 2 is 2.42 bits per heavy atom. The standard InChI is InChI=1S/C9H12N2S/c1-7-5-4-6-11-9(7)12-8(2)10-3/h4-6,10H,2H2,1,3H3. The maximum absolute atomic E-state index is 4.23. The van der Waals surface area contributed by atoms with Crippen molar-refractivity contribution in [2.24, 2.45) is 0 Å². The molecule has 0 amide bonds. The Morgan fingerprint density at radius 1 is 1.67 bits per heavy atom. The van der Waals surface area contributed by atoms with Crippen LogP contribution in [0.5, 0.6) is 0 Å². The lowest BCUT2D eigenvalue weighted by atomic mass is 10.3. The molecule has 3 heteroatoms. The van der Waals surface area contributed by atoms with Crippen molar-refractivity contribution in [3.63, 3.8) is 0 Å². The van der Waals surface area contributed by atoms with Crippen LogP contribution in [-0.2, 0) is 0 Å². The molecule has 0 saturated carbocycles. The van der Waals surface area contributed by atoms with Gasteiger partial charge in [0.25, 0.3) is 0 Å². The van der Waals surface area contributed by atoms with E-state index in [4.69, 9.17) is 0 Å². The van der Waals surface area contributed by atoms with Crippen LogP contribution in [0.1, 0.15) is 5.56 Å². The van der Waals surface area contributed by atoms with E-state index in [1.54, 1.807) is 18.0 Å². The van der Waals surface area contributed by atoms with E-state index in [0.717, 1.165) is 10.1 Å². The number of nitrogens with zero attached hydrogens (tertiary/aromatic N) is 1. The number of thioether (sulfide) groups is 1. The van der Waals surface area contributed by atoms with Gasteiger partial charge in [-0.25, -0.2) is 4.98 Å². The van der Waals surface area contributed by atoms with Crippen LogP contribution in [0.3, 0.4) is 0 Å². The van der Waals surface area contributed by atoms with E-state index in [9.17, 15) is 0 Å². The zero-order valence-electron chi connectivity index (χ0n) is 7.29. The molecule has 0 aliphatic heterocycles. The smallest absolute Gasteiger partial charge is 0.105 e. The summed E-state index contributed by atoms with van der Waals surface area (Å²) in [5, 5.41) is 4.89. The lowest BCUT2D eigenvalue weighted by molar-refractivity contribution is 1.05. The average Bonchev–Trinajstić information content (AvgIpc) is 2.09. The molecule has 0 bridgehead atoms. The van der Waals surface area contributed by atoms with Crippen molar-refractivity contribution in [3.05, 3.63) is 35.5 Å². The van der Waals surface area contributed by atoms with Gasteiger partial charge in [0.2, 0.25) is 0 Å². The van der Waals surface area contributed by atoms with E-state index < -0.39 is 0 Å². The lowest BCUT2D eigenvalue weighted by Crippen LogP contribution is -2.00. The maximum atomic E-state index is 4.23. The highest BCUT2D eigenvalue weighted by molar-refractivity contribution is 8.03. The van der Waals surface area contributed by atoms with Crippen LogP contribution >= 0.6 is 11.8 Å². The van der Waals surface area contributed by atoms with Gasteiger partial charge in [-0.2, -0.15) is 0 Å². The van der Waals surface area contributed by atoms with Crippen molar-refractivity contribution < 1.29 is 0 Å². The molecule has 0 aliphatic carbocycles. The van der Waals surface area contributed by atoms with Crippen LogP contribution in [0, 0.1) is 6.92 Å². The molecular formula is C9H12N2S. The predicted molar refractivity (Wildman–Crippen MR) is 53.0 cm³/mol. The summed E-state index contributed by atoms with van der Waals surface area (Å²) in [6.45, 7) is 5.86. The Balaban J connectivity index is 2.75. The number of nitrogens with one attached hydrogen (secondary N) is 1. The topological polar surface area (TPSA) is 24.9 Å². The first-order valence-corrected chi connectivity index (χ1v) is 4.52. The number of pyridine rings is 1. The highest BCUT2D eigenvalue weighted by Crippen LogP contribution is 2.23. The molecule has 1 rings (SSSR count). The Labute approximate surface area is 77.1 Å². The molecule has 1 aromatic rings. The van der Waals surface area contributed by atoms with Gasteiger partial charge < -0.3 is 5.32 Å². The predicted octanol–water partition coefficient (Wildman–Crippen LogP) is 2.17. The largest absolute Gasteiger partial charge is 0.383 e. The first-order valence-electron chi connectivity index (χ1n) is 3.70. The molecule has 0 unspecified atom stereocenters. The first kappa shape index (κ1) is 9.13. The van der Waals surface area contributed by atoms with Crippen molar-refractivity contribution in [3.8, 4) is 0 Å². The van der Waals surface area contributed by atoms with Crippen molar-refractivity contribution >= 4 is 11.8 Å². The van der Waals surface area contributed by atoms with Gasteiger partial charge in [0.05, 0.1) is 5.03 Å². The van der Waals surface area contributed by atoms with Crippen LogP contribution in [-0.4, -0.2) is 12.0 Å². The average molecular weight is 180 g/mol. The van der Waals surface area contributed by atoms with E-state index in [-0.39, 0.29) is 0 Å². The molecule has 0 aromatic carbocycles. The number of rotatable bonds is 3. The SMILES string of the molecule is C=C(NC)Sc1ncccc1C. The highest BCUT2D eigenvalue weighted by Gasteiger charge is 1.99. The van der Waals surface area contributed by atoms with Crippen LogP contribution < -0.4 is 5.32 Å². The third kappa shape index (κ3) is 2.27. The summed E-state index contributed by atoms with van der Waals surface area (Å²) in [6, 6.07) is 3.97. The minimum Gasteiger partial charge on any atom is -0.383 e. The van der Waals surface area contributed by atoms with Crippen molar-refractivity contribution in [2.75, 3.05) is 7.05 Å². The van der Waals surface area contributed by atoms with Crippen molar-refractivity contribution in [1.82, 2.24) is 10.3 Å². The van der Waals surface area contributed by atoms with Crippen LogP contribution in [0.25, 0.3) is 0 Å². The van der Waals surface area contributed by atoms with Crippen LogP contribution in [0.2, 0.25) is 0 Å². The Kier molecular flexibility index (Phi) is 3.17. The van der Waals surface area contributed by atoms with E-state index in [1.807, 2.05) is 26.1 Å². The minimum absolute atomic E-state index is 0.914. The maximum Gasteiger partial charge on any atom is 0.105 e. The molecule has 0 spiro atoms. The fourth-order valence-electron chi connectivity index (χ4n) is 0.746. The van der Waals surface area contributed by atoms with Crippen molar-refractivity contribution in [2.45, 2.75) is 11.9 Å². The summed E-state index contributed by atoms with van der Waals surface area (Å²) in [6.07, 6.45) is 1.79. The summed E-state index contributed by atoms with van der Waals surface area (Å²) in [4.78, 5) is 4.23. The summed E-state index contributed by atoms with van der Waals surface area (Å²) in [5.74, 6) is 0. The molecule has 0 aliphatic rings. The second-order valence-electron chi connectivity index (χ2n) is 2.40. The fraction of sp³-hybridized carbons (Fsp3) is 0.222. The van der Waals surface area contributed by atoms with E-state index >= 15 is 0 Å². The van der Waals surface area contributed by atoms with E-state index in [2.05, 4.69) is 16.9 Å². The molecule has 0 atom stereocenters. The molecule has 64 valence electrons. The lowest BCUT2D eigenvalue weighted by Gasteiger charge is -2.04. The third-order valence-corrected chi connectivity index (χ3v) is 2.53. The molecule has 1 N–H and O–H groups in total. The molecule has 2 nitrogen and oxygen atoms in total. The monoisotopic (exact) mass is 180 g/mol. The van der Waals surface area contributed by atoms with Crippen LogP contribution in [0.15, 0.2) is 35.0 Å². The zero-order chi connectivity index (χ0) is 8.97.